The molecule has 1 aromatic heterocycles. The van der Waals surface area contributed by atoms with E-state index in [2.05, 4.69) is 9.88 Å². The number of ether oxygens (including phenoxy) is 1. The fraction of sp³-hybridized carbons (Fsp3) is 0.480. The van der Waals surface area contributed by atoms with Gasteiger partial charge in [-0.25, -0.2) is 10.5 Å². The molecular formula is C25H34N4O5. The zero-order valence-electron chi connectivity index (χ0n) is 20.0. The summed E-state index contributed by atoms with van der Waals surface area (Å²) in [5.41, 5.74) is -0.456. The molecule has 2 aromatic rings. The lowest BCUT2D eigenvalue weighted by Crippen LogP contribution is -2.60. The van der Waals surface area contributed by atoms with Gasteiger partial charge in [0.25, 0.3) is 5.91 Å². The zero-order chi connectivity index (χ0) is 24.7. The SMILES string of the molecule is CCCC(C(=O)N1CCN(c2ccccn2)C[C@@H]1C)C(O)(C(=O)NO)c1ccc(OCC)cc1. The van der Waals surface area contributed by atoms with Crippen molar-refractivity contribution in [1.82, 2.24) is 15.4 Å². The topological polar surface area (TPSA) is 115 Å². The number of carbonyl (C=O) groups excluding carboxylic acids is 2. The summed E-state index contributed by atoms with van der Waals surface area (Å²) in [5.74, 6) is -1.02. The van der Waals surface area contributed by atoms with E-state index in [1.54, 1.807) is 40.8 Å². The lowest BCUT2D eigenvalue weighted by molar-refractivity contribution is -0.167. The number of benzene rings is 1. The van der Waals surface area contributed by atoms with E-state index in [4.69, 9.17) is 4.74 Å². The minimum Gasteiger partial charge on any atom is -0.494 e. The Labute approximate surface area is 200 Å². The van der Waals surface area contributed by atoms with Gasteiger partial charge in [0.2, 0.25) is 5.91 Å². The lowest BCUT2D eigenvalue weighted by atomic mass is 9.77. The van der Waals surface area contributed by atoms with Gasteiger partial charge < -0.3 is 19.6 Å². The van der Waals surface area contributed by atoms with Gasteiger partial charge in [0.05, 0.1) is 12.5 Å². The molecule has 3 N–H and O–H groups in total. The predicted octanol–water partition coefficient (Wildman–Crippen LogP) is 2.33. The van der Waals surface area contributed by atoms with Crippen LogP contribution >= 0.6 is 0 Å². The largest absolute Gasteiger partial charge is 0.494 e. The van der Waals surface area contributed by atoms with Crippen molar-refractivity contribution in [2.75, 3.05) is 31.1 Å². The molecule has 3 atom stereocenters. The van der Waals surface area contributed by atoms with Crippen molar-refractivity contribution in [3.63, 3.8) is 0 Å². The summed E-state index contributed by atoms with van der Waals surface area (Å²) in [7, 11) is 0. The molecular weight excluding hydrogens is 436 g/mol. The number of hydrogen-bond donors (Lipinski definition) is 3. The molecule has 1 fully saturated rings. The number of anilines is 1. The highest BCUT2D eigenvalue weighted by Crippen LogP contribution is 2.36. The molecule has 0 saturated carbocycles. The third-order valence-corrected chi connectivity index (χ3v) is 6.32. The van der Waals surface area contributed by atoms with Crippen LogP contribution in [-0.2, 0) is 15.2 Å². The molecule has 34 heavy (non-hydrogen) atoms. The lowest BCUT2D eigenvalue weighted by Gasteiger charge is -2.44. The Hall–Kier alpha value is -3.17. The Morgan fingerprint density at radius 1 is 1.21 bits per heavy atom. The number of rotatable bonds is 9. The molecule has 2 heterocycles. The summed E-state index contributed by atoms with van der Waals surface area (Å²) in [6, 6.07) is 11.9. The number of aliphatic hydroxyl groups is 1. The molecule has 2 unspecified atom stereocenters. The number of aromatic nitrogens is 1. The fourth-order valence-corrected chi connectivity index (χ4v) is 4.58. The molecule has 0 bridgehead atoms. The zero-order valence-corrected chi connectivity index (χ0v) is 20.0. The minimum atomic E-state index is -2.25. The van der Waals surface area contributed by atoms with Crippen LogP contribution in [-0.4, -0.2) is 64.3 Å². The first-order chi connectivity index (χ1) is 16.4. The number of carbonyl (C=O) groups is 2. The Morgan fingerprint density at radius 2 is 1.94 bits per heavy atom. The molecule has 0 radical (unpaired) electrons. The van der Waals surface area contributed by atoms with Gasteiger partial charge in [-0.2, -0.15) is 0 Å². The van der Waals surface area contributed by atoms with Gasteiger partial charge in [-0.1, -0.05) is 31.5 Å². The second-order valence-corrected chi connectivity index (χ2v) is 8.52. The third kappa shape index (κ3) is 5.15. The van der Waals surface area contributed by atoms with Crippen molar-refractivity contribution < 1.29 is 24.6 Å². The van der Waals surface area contributed by atoms with E-state index in [-0.39, 0.29) is 23.9 Å². The average Bonchev–Trinajstić information content (AvgIpc) is 2.87. The molecule has 0 spiro atoms. The fourth-order valence-electron chi connectivity index (χ4n) is 4.58. The summed E-state index contributed by atoms with van der Waals surface area (Å²) >= 11 is 0. The quantitative estimate of drug-likeness (QED) is 0.381. The number of amides is 2. The van der Waals surface area contributed by atoms with Crippen LogP contribution in [0, 0.1) is 5.92 Å². The molecule has 9 heteroatoms. The highest BCUT2D eigenvalue weighted by molar-refractivity contribution is 5.93. The predicted molar refractivity (Wildman–Crippen MR) is 127 cm³/mol. The second-order valence-electron chi connectivity index (χ2n) is 8.52. The number of nitrogens with one attached hydrogen (secondary N) is 1. The van der Waals surface area contributed by atoms with Gasteiger partial charge in [0, 0.05) is 31.9 Å². The molecule has 9 nitrogen and oxygen atoms in total. The molecule has 1 saturated heterocycles. The first kappa shape index (κ1) is 25.5. The molecule has 2 amide bonds. The highest BCUT2D eigenvalue weighted by atomic mass is 16.5. The van der Waals surface area contributed by atoms with E-state index in [0.29, 0.717) is 38.4 Å². The number of hydrogen-bond acceptors (Lipinski definition) is 7. The van der Waals surface area contributed by atoms with Gasteiger partial charge in [0.15, 0.2) is 5.60 Å². The molecule has 1 aromatic carbocycles. The highest BCUT2D eigenvalue weighted by Gasteiger charge is 2.50. The number of hydroxylamine groups is 1. The van der Waals surface area contributed by atoms with Crippen LogP contribution in [0.3, 0.4) is 0 Å². The maximum absolute atomic E-state index is 13.8. The average molecular weight is 471 g/mol. The van der Waals surface area contributed by atoms with Crippen molar-refractivity contribution in [3.05, 3.63) is 54.2 Å². The Kier molecular flexibility index (Phi) is 8.46. The van der Waals surface area contributed by atoms with Crippen LogP contribution in [0.1, 0.15) is 39.2 Å². The second kappa shape index (κ2) is 11.3. The van der Waals surface area contributed by atoms with Gasteiger partial charge in [0.1, 0.15) is 11.6 Å². The van der Waals surface area contributed by atoms with Crippen molar-refractivity contribution >= 4 is 17.6 Å². The van der Waals surface area contributed by atoms with Gasteiger partial charge in [-0.05, 0) is 50.1 Å². The van der Waals surface area contributed by atoms with E-state index in [1.807, 2.05) is 39.0 Å². The van der Waals surface area contributed by atoms with E-state index in [1.165, 1.54) is 0 Å². The van der Waals surface area contributed by atoms with Crippen molar-refractivity contribution in [2.45, 2.75) is 45.3 Å². The van der Waals surface area contributed by atoms with Crippen LogP contribution in [0.25, 0.3) is 0 Å². The van der Waals surface area contributed by atoms with Crippen molar-refractivity contribution in [1.29, 1.82) is 0 Å². The number of piperazine rings is 1. The first-order valence-corrected chi connectivity index (χ1v) is 11.7. The maximum atomic E-state index is 13.8. The van der Waals surface area contributed by atoms with E-state index < -0.39 is 17.4 Å². The van der Waals surface area contributed by atoms with Crippen LogP contribution in [0.5, 0.6) is 5.75 Å². The summed E-state index contributed by atoms with van der Waals surface area (Å²) in [6.45, 7) is 7.75. The molecule has 0 aliphatic carbocycles. The summed E-state index contributed by atoms with van der Waals surface area (Å²) in [6.07, 6.45) is 2.57. The minimum absolute atomic E-state index is 0.163. The Bertz CT molecular complexity index is 956. The summed E-state index contributed by atoms with van der Waals surface area (Å²) in [4.78, 5) is 34.9. The van der Waals surface area contributed by atoms with Gasteiger partial charge in [-0.15, -0.1) is 0 Å². The smallest absolute Gasteiger partial charge is 0.280 e. The summed E-state index contributed by atoms with van der Waals surface area (Å²) < 4.78 is 5.46. The van der Waals surface area contributed by atoms with Gasteiger partial charge >= 0.3 is 0 Å². The first-order valence-electron chi connectivity index (χ1n) is 11.7. The van der Waals surface area contributed by atoms with Crippen LogP contribution in [0.4, 0.5) is 5.82 Å². The van der Waals surface area contributed by atoms with E-state index >= 15 is 0 Å². The van der Waals surface area contributed by atoms with Crippen LogP contribution in [0.15, 0.2) is 48.7 Å². The molecule has 3 rings (SSSR count). The monoisotopic (exact) mass is 470 g/mol. The van der Waals surface area contributed by atoms with E-state index in [0.717, 1.165) is 5.82 Å². The number of pyridine rings is 1. The van der Waals surface area contributed by atoms with Gasteiger partial charge in [-0.3, -0.25) is 14.8 Å². The molecule has 1 aliphatic rings. The standard InChI is InChI=1S/C25H34N4O5/c1-4-8-21(25(32,24(31)27-33)19-10-12-20(13-11-19)34-5-2)23(30)29-16-15-28(17-18(29)3)22-9-6-7-14-26-22/h6-7,9-14,18,21,32-33H,4-5,8,15-17H2,1-3H3,(H,27,31)/t18-,21?,25?/m0/s1. The van der Waals surface area contributed by atoms with Crippen LogP contribution in [0.2, 0.25) is 0 Å². The molecule has 184 valence electrons. The maximum Gasteiger partial charge on any atom is 0.280 e. The van der Waals surface area contributed by atoms with E-state index in [9.17, 15) is 19.9 Å². The van der Waals surface area contributed by atoms with Crippen molar-refractivity contribution in [2.24, 2.45) is 5.92 Å². The van der Waals surface area contributed by atoms with Crippen LogP contribution < -0.4 is 15.1 Å². The normalized spacial score (nSPS) is 18.7. The number of nitrogens with zero attached hydrogens (tertiary/aromatic N) is 3. The van der Waals surface area contributed by atoms with Crippen molar-refractivity contribution in [3.8, 4) is 5.75 Å². The third-order valence-electron chi connectivity index (χ3n) is 6.32. The Morgan fingerprint density at radius 3 is 2.50 bits per heavy atom. The molecule has 1 aliphatic heterocycles. The Balaban J connectivity index is 1.89. The summed E-state index contributed by atoms with van der Waals surface area (Å²) in [5, 5.41) is 21.2.